The standard InChI is InChI=1S/C10H18N6S/c1-2-7-17-10-13-8(15-11)12-9(14-10)16-5-3-4-6-16/h2-7,11H2,1H3,(H,12,13,14,15). The predicted octanol–water partition coefficient (Wildman–Crippen LogP) is 1.26. The van der Waals surface area contributed by atoms with Crippen LogP contribution in [0.4, 0.5) is 11.9 Å². The molecule has 6 nitrogen and oxygen atoms in total. The lowest BCUT2D eigenvalue weighted by molar-refractivity contribution is 0.826. The number of nitrogen functional groups attached to an aromatic ring is 1. The van der Waals surface area contributed by atoms with Crippen molar-refractivity contribution in [2.45, 2.75) is 31.3 Å². The quantitative estimate of drug-likeness (QED) is 0.465. The number of hydrogen-bond acceptors (Lipinski definition) is 7. The summed E-state index contributed by atoms with van der Waals surface area (Å²) in [6.07, 6.45) is 3.50. The Morgan fingerprint density at radius 2 is 2.06 bits per heavy atom. The molecule has 0 spiro atoms. The molecule has 2 rings (SSSR count). The maximum Gasteiger partial charge on any atom is 0.242 e. The van der Waals surface area contributed by atoms with Crippen LogP contribution in [0.2, 0.25) is 0 Å². The lowest BCUT2D eigenvalue weighted by Crippen LogP contribution is -2.22. The number of nitrogens with two attached hydrogens (primary N) is 1. The zero-order chi connectivity index (χ0) is 12.1. The van der Waals surface area contributed by atoms with Crippen LogP contribution in [0.25, 0.3) is 0 Å². The van der Waals surface area contributed by atoms with Crippen LogP contribution >= 0.6 is 11.8 Å². The second-order valence-corrected chi connectivity index (χ2v) is 4.99. The minimum absolute atomic E-state index is 0.445. The number of thioether (sulfide) groups is 1. The van der Waals surface area contributed by atoms with Gasteiger partial charge in [-0.15, -0.1) is 0 Å². The van der Waals surface area contributed by atoms with Crippen molar-refractivity contribution >= 4 is 23.7 Å². The summed E-state index contributed by atoms with van der Waals surface area (Å²) in [4.78, 5) is 15.2. The van der Waals surface area contributed by atoms with Crippen LogP contribution in [0.5, 0.6) is 0 Å². The Morgan fingerprint density at radius 3 is 2.71 bits per heavy atom. The van der Waals surface area contributed by atoms with Crippen LogP contribution < -0.4 is 16.2 Å². The molecule has 1 aliphatic rings. The summed E-state index contributed by atoms with van der Waals surface area (Å²) in [5.74, 6) is 7.58. The first kappa shape index (κ1) is 12.4. The SMILES string of the molecule is CCCSc1nc(NN)nc(N2CCCC2)n1. The Kier molecular flexibility index (Phi) is 4.38. The van der Waals surface area contributed by atoms with Gasteiger partial charge in [0, 0.05) is 18.8 Å². The Balaban J connectivity index is 2.18. The highest BCUT2D eigenvalue weighted by molar-refractivity contribution is 7.99. The van der Waals surface area contributed by atoms with Gasteiger partial charge in [0.25, 0.3) is 0 Å². The number of rotatable bonds is 5. The monoisotopic (exact) mass is 254 g/mol. The molecule has 0 bridgehead atoms. The molecule has 0 aliphatic carbocycles. The van der Waals surface area contributed by atoms with E-state index >= 15 is 0 Å². The Morgan fingerprint density at radius 1 is 1.29 bits per heavy atom. The van der Waals surface area contributed by atoms with Gasteiger partial charge < -0.3 is 4.90 Å². The predicted molar refractivity (Wildman–Crippen MR) is 70.1 cm³/mol. The topological polar surface area (TPSA) is 80.0 Å². The van der Waals surface area contributed by atoms with Gasteiger partial charge in [0.2, 0.25) is 11.9 Å². The number of hydrazine groups is 1. The van der Waals surface area contributed by atoms with Crippen molar-refractivity contribution in [3.8, 4) is 0 Å². The summed E-state index contributed by atoms with van der Waals surface area (Å²) in [6.45, 7) is 4.18. The van der Waals surface area contributed by atoms with E-state index in [9.17, 15) is 0 Å². The van der Waals surface area contributed by atoms with E-state index in [4.69, 9.17) is 5.84 Å². The molecule has 1 fully saturated rings. The van der Waals surface area contributed by atoms with Crippen molar-refractivity contribution in [1.82, 2.24) is 15.0 Å². The van der Waals surface area contributed by atoms with Gasteiger partial charge in [-0.1, -0.05) is 18.7 Å². The summed E-state index contributed by atoms with van der Waals surface area (Å²) in [5.41, 5.74) is 2.51. The fourth-order valence-corrected chi connectivity index (χ4v) is 2.41. The van der Waals surface area contributed by atoms with E-state index in [0.717, 1.165) is 36.4 Å². The minimum atomic E-state index is 0.445. The Labute approximate surface area is 105 Å². The van der Waals surface area contributed by atoms with Crippen molar-refractivity contribution in [2.24, 2.45) is 5.84 Å². The highest BCUT2D eigenvalue weighted by Crippen LogP contribution is 2.21. The van der Waals surface area contributed by atoms with Gasteiger partial charge in [-0.05, 0) is 19.3 Å². The molecular formula is C10H18N6S. The minimum Gasteiger partial charge on any atom is -0.341 e. The van der Waals surface area contributed by atoms with Crippen molar-refractivity contribution in [3.63, 3.8) is 0 Å². The second kappa shape index (κ2) is 6.02. The van der Waals surface area contributed by atoms with Gasteiger partial charge in [-0.2, -0.15) is 15.0 Å². The Bertz CT molecular complexity index is 366. The third-order valence-corrected chi connectivity index (χ3v) is 3.61. The molecule has 1 aliphatic heterocycles. The van der Waals surface area contributed by atoms with E-state index < -0.39 is 0 Å². The number of nitrogens with one attached hydrogen (secondary N) is 1. The number of hydrogen-bond donors (Lipinski definition) is 2. The average molecular weight is 254 g/mol. The molecule has 1 saturated heterocycles. The first-order valence-corrected chi connectivity index (χ1v) is 6.92. The van der Waals surface area contributed by atoms with Gasteiger partial charge >= 0.3 is 0 Å². The highest BCUT2D eigenvalue weighted by Gasteiger charge is 2.17. The van der Waals surface area contributed by atoms with Gasteiger partial charge in [-0.25, -0.2) is 5.84 Å². The largest absolute Gasteiger partial charge is 0.341 e. The normalized spacial score (nSPS) is 15.3. The molecule has 0 unspecified atom stereocenters. The van der Waals surface area contributed by atoms with E-state index in [1.165, 1.54) is 12.8 Å². The molecular weight excluding hydrogens is 236 g/mol. The number of anilines is 2. The first-order valence-electron chi connectivity index (χ1n) is 5.94. The molecule has 7 heteroatoms. The maximum absolute atomic E-state index is 5.38. The smallest absolute Gasteiger partial charge is 0.242 e. The Hall–Kier alpha value is -1.08. The van der Waals surface area contributed by atoms with E-state index in [2.05, 4.69) is 32.2 Å². The lowest BCUT2D eigenvalue weighted by atomic mass is 10.4. The fourth-order valence-electron chi connectivity index (χ4n) is 1.73. The third kappa shape index (κ3) is 3.19. The molecule has 1 aromatic rings. The van der Waals surface area contributed by atoms with Crippen LogP contribution in [0.15, 0.2) is 5.16 Å². The second-order valence-electron chi connectivity index (χ2n) is 3.93. The highest BCUT2D eigenvalue weighted by atomic mass is 32.2. The van der Waals surface area contributed by atoms with Crippen LogP contribution in [-0.4, -0.2) is 33.8 Å². The van der Waals surface area contributed by atoms with E-state index in [1.54, 1.807) is 11.8 Å². The lowest BCUT2D eigenvalue weighted by Gasteiger charge is -2.16. The molecule has 94 valence electrons. The van der Waals surface area contributed by atoms with Gasteiger partial charge in [-0.3, -0.25) is 5.43 Å². The van der Waals surface area contributed by atoms with Crippen molar-refractivity contribution in [3.05, 3.63) is 0 Å². The van der Waals surface area contributed by atoms with Crippen LogP contribution in [0.3, 0.4) is 0 Å². The summed E-state index contributed by atoms with van der Waals surface area (Å²) < 4.78 is 0. The molecule has 3 N–H and O–H groups in total. The van der Waals surface area contributed by atoms with Gasteiger partial charge in [0.1, 0.15) is 0 Å². The summed E-state index contributed by atoms with van der Waals surface area (Å²) in [5, 5.41) is 0.747. The summed E-state index contributed by atoms with van der Waals surface area (Å²) >= 11 is 1.64. The molecule has 2 heterocycles. The number of aromatic nitrogens is 3. The molecule has 0 aromatic carbocycles. The summed E-state index contributed by atoms with van der Waals surface area (Å²) in [7, 11) is 0. The first-order chi connectivity index (χ1) is 8.33. The number of nitrogens with zero attached hydrogens (tertiary/aromatic N) is 4. The van der Waals surface area contributed by atoms with E-state index in [-0.39, 0.29) is 0 Å². The van der Waals surface area contributed by atoms with E-state index in [1.807, 2.05) is 0 Å². The zero-order valence-electron chi connectivity index (χ0n) is 10.0. The molecule has 0 saturated carbocycles. The van der Waals surface area contributed by atoms with Gasteiger partial charge in [0.15, 0.2) is 5.16 Å². The summed E-state index contributed by atoms with van der Waals surface area (Å²) in [6, 6.07) is 0. The zero-order valence-corrected chi connectivity index (χ0v) is 10.8. The molecule has 0 atom stereocenters. The molecule has 1 aromatic heterocycles. The van der Waals surface area contributed by atoms with Crippen molar-refractivity contribution < 1.29 is 0 Å². The average Bonchev–Trinajstić information content (AvgIpc) is 2.89. The fraction of sp³-hybridized carbons (Fsp3) is 0.700. The van der Waals surface area contributed by atoms with Crippen LogP contribution in [-0.2, 0) is 0 Å². The van der Waals surface area contributed by atoms with Crippen LogP contribution in [0, 0.1) is 0 Å². The molecule has 17 heavy (non-hydrogen) atoms. The molecule has 0 amide bonds. The van der Waals surface area contributed by atoms with Crippen LogP contribution in [0.1, 0.15) is 26.2 Å². The maximum atomic E-state index is 5.38. The van der Waals surface area contributed by atoms with Gasteiger partial charge in [0.05, 0.1) is 0 Å². The van der Waals surface area contributed by atoms with Crippen molar-refractivity contribution in [2.75, 3.05) is 29.2 Å². The van der Waals surface area contributed by atoms with Crippen molar-refractivity contribution in [1.29, 1.82) is 0 Å². The third-order valence-electron chi connectivity index (χ3n) is 2.56. The molecule has 0 radical (unpaired) electrons. The van der Waals surface area contributed by atoms with E-state index in [0.29, 0.717) is 5.95 Å².